The first-order valence-electron chi connectivity index (χ1n) is 22.5. The van der Waals surface area contributed by atoms with Gasteiger partial charge in [0.15, 0.2) is 12.5 Å². The highest BCUT2D eigenvalue weighted by Gasteiger charge is 2.41. The molecule has 4 amide bonds. The Bertz CT molecular complexity index is 2190. The van der Waals surface area contributed by atoms with E-state index in [0.29, 0.717) is 112 Å². The lowest BCUT2D eigenvalue weighted by molar-refractivity contribution is -0.0984. The molecule has 0 spiro atoms. The summed E-state index contributed by atoms with van der Waals surface area (Å²) in [5.74, 6) is -2.09. The van der Waals surface area contributed by atoms with Crippen molar-refractivity contribution < 1.29 is 76.0 Å². The second-order valence-corrected chi connectivity index (χ2v) is 15.8. The third kappa shape index (κ3) is 9.78. The van der Waals surface area contributed by atoms with E-state index in [0.717, 1.165) is 42.1 Å². The van der Waals surface area contributed by atoms with Crippen molar-refractivity contribution >= 4 is 66.7 Å². The molecular formula is C48H54N2O16. The van der Waals surface area contributed by atoms with Crippen LogP contribution in [-0.2, 0) is 56.8 Å². The largest absolute Gasteiger partial charge is 0.377 e. The number of carbonyl (C=O) groups excluding carboxylic acids is 4. The zero-order valence-electron chi connectivity index (χ0n) is 36.8. The van der Waals surface area contributed by atoms with Gasteiger partial charge in [-0.05, 0) is 56.6 Å². The molecule has 4 aliphatic heterocycles. The van der Waals surface area contributed by atoms with Crippen LogP contribution in [0.4, 0.5) is 0 Å². The predicted molar refractivity (Wildman–Crippen MR) is 236 cm³/mol. The Morgan fingerprint density at radius 2 is 0.515 bits per heavy atom. The van der Waals surface area contributed by atoms with Gasteiger partial charge in [-0.15, -0.1) is 0 Å². The predicted octanol–water partition coefficient (Wildman–Crippen LogP) is 3.81. The normalized spacial score (nSPS) is 23.3. The summed E-state index contributed by atoms with van der Waals surface area (Å²) in [7, 11) is 0. The Labute approximate surface area is 380 Å². The van der Waals surface area contributed by atoms with Crippen LogP contribution in [0, 0.1) is 0 Å². The quantitative estimate of drug-likeness (QED) is 0.141. The third-order valence-corrected chi connectivity index (χ3v) is 11.8. The number of nitrogens with zero attached hydrogens (tertiary/aromatic N) is 2. The lowest BCUT2D eigenvalue weighted by Gasteiger charge is -2.35. The summed E-state index contributed by atoms with van der Waals surface area (Å²) in [6.45, 7) is 6.21. The molecule has 4 heterocycles. The number of hydrogen-bond donors (Lipinski definition) is 0. The first-order chi connectivity index (χ1) is 32.5. The molecule has 5 aromatic carbocycles. The molecule has 0 aliphatic carbocycles. The molecule has 18 heteroatoms. The maximum absolute atomic E-state index is 14.5. The van der Waals surface area contributed by atoms with Crippen LogP contribution in [0.25, 0.3) is 43.1 Å². The minimum absolute atomic E-state index is 0.0840. The van der Waals surface area contributed by atoms with E-state index < -0.39 is 36.1 Å². The van der Waals surface area contributed by atoms with Gasteiger partial charge in [-0.1, -0.05) is 24.3 Å². The van der Waals surface area contributed by atoms with Crippen LogP contribution in [0.2, 0.25) is 0 Å². The fourth-order valence-corrected chi connectivity index (χ4v) is 8.84. The maximum atomic E-state index is 14.5. The molecule has 2 fully saturated rings. The highest BCUT2D eigenvalue weighted by atomic mass is 16.6. The second kappa shape index (κ2) is 22.3. The van der Waals surface area contributed by atoms with E-state index in [4.69, 9.17) is 56.8 Å². The maximum Gasteiger partial charge on any atom is 0.263 e. The topological polar surface area (TPSA) is 186 Å². The van der Waals surface area contributed by atoms with E-state index in [1.54, 1.807) is 24.3 Å². The average molecular weight is 915 g/mol. The van der Waals surface area contributed by atoms with Crippen LogP contribution >= 0.6 is 0 Å². The van der Waals surface area contributed by atoms with Crippen molar-refractivity contribution in [1.82, 2.24) is 9.80 Å². The monoisotopic (exact) mass is 914 g/mol. The molecule has 0 aromatic heterocycles. The first-order valence-corrected chi connectivity index (χ1v) is 22.5. The lowest BCUT2D eigenvalue weighted by Crippen LogP contribution is -2.50. The zero-order chi connectivity index (χ0) is 45.2. The van der Waals surface area contributed by atoms with E-state index in [-0.39, 0.29) is 66.1 Å². The van der Waals surface area contributed by atoms with Crippen molar-refractivity contribution in [3.63, 3.8) is 0 Å². The number of imide groups is 2. The summed E-state index contributed by atoms with van der Waals surface area (Å²) >= 11 is 0. The molecule has 0 bridgehead atoms. The highest BCUT2D eigenvalue weighted by Crippen LogP contribution is 2.46. The summed E-state index contributed by atoms with van der Waals surface area (Å²) in [5, 5.41) is 5.55. The molecule has 2 atom stereocenters. The van der Waals surface area contributed by atoms with Gasteiger partial charge in [-0.2, -0.15) is 0 Å². The van der Waals surface area contributed by atoms with Gasteiger partial charge in [0.25, 0.3) is 23.6 Å². The van der Waals surface area contributed by atoms with Crippen molar-refractivity contribution in [1.29, 1.82) is 0 Å². The molecule has 2 saturated heterocycles. The SMILES string of the molecule is O=C1c2ccc3c4ccc5c6c(ccc(c7ccc(c2c37)C(=O)N1C1COCCOCCOCCOCCOCCO1)c64)C(=O)N(C1COCCOCCOCCOCCOCCO1)C5=O. The van der Waals surface area contributed by atoms with Crippen molar-refractivity contribution in [2.45, 2.75) is 12.5 Å². The Hall–Kier alpha value is -4.80. The standard InChI is InChI=1S/C48H54N2O16/c51-45-35-5-1-31-32-2-6-37-44-38(48(54)50(47(37)53)40-30-64-24-22-60-16-14-56-10-12-58-18-20-62-26-28-66-40)8-4-34(42(32)44)33-3-7-36(43(35)41(31)33)46(52)49(45)39-29-63-23-21-59-15-13-55-9-11-57-17-19-61-25-27-65-39/h1-8,39-40H,9-30H2. The summed E-state index contributed by atoms with van der Waals surface area (Å²) in [6.07, 6.45) is -2.11. The van der Waals surface area contributed by atoms with Gasteiger partial charge in [-0.3, -0.25) is 19.2 Å². The van der Waals surface area contributed by atoms with Crippen LogP contribution in [0.1, 0.15) is 41.4 Å². The molecule has 5 aromatic rings. The van der Waals surface area contributed by atoms with E-state index in [1.165, 1.54) is 0 Å². The van der Waals surface area contributed by atoms with Crippen LogP contribution in [0.3, 0.4) is 0 Å². The molecule has 18 nitrogen and oxygen atoms in total. The number of benzene rings is 5. The number of hydrogen-bond acceptors (Lipinski definition) is 16. The number of amides is 4. The fourth-order valence-electron chi connectivity index (χ4n) is 8.84. The van der Waals surface area contributed by atoms with Gasteiger partial charge < -0.3 is 56.8 Å². The molecule has 0 saturated carbocycles. The van der Waals surface area contributed by atoms with E-state index in [1.807, 2.05) is 24.3 Å². The zero-order valence-corrected chi connectivity index (χ0v) is 36.8. The number of carbonyl (C=O) groups is 4. The Morgan fingerprint density at radius 1 is 0.288 bits per heavy atom. The van der Waals surface area contributed by atoms with Gasteiger partial charge in [0.05, 0.1) is 145 Å². The summed E-state index contributed by atoms with van der Waals surface area (Å²) in [6, 6.07) is 14.3. The van der Waals surface area contributed by atoms with Gasteiger partial charge in [0.1, 0.15) is 0 Å². The fraction of sp³-hybridized carbons (Fsp3) is 0.500. The third-order valence-electron chi connectivity index (χ3n) is 11.8. The van der Waals surface area contributed by atoms with Gasteiger partial charge in [-0.25, -0.2) is 9.80 Å². The summed E-state index contributed by atoms with van der Waals surface area (Å²) in [4.78, 5) is 60.3. The average Bonchev–Trinajstić information content (AvgIpc) is 3.32. The van der Waals surface area contributed by atoms with Crippen LogP contribution in [0.5, 0.6) is 0 Å². The van der Waals surface area contributed by atoms with Crippen LogP contribution in [-0.4, -0.2) is 191 Å². The van der Waals surface area contributed by atoms with Gasteiger partial charge in [0, 0.05) is 33.0 Å². The molecular weight excluding hydrogens is 861 g/mol. The summed E-state index contributed by atoms with van der Waals surface area (Å²) in [5.41, 5.74) is 1.34. The lowest BCUT2D eigenvalue weighted by atomic mass is 9.82. The number of ether oxygens (including phenoxy) is 12. The number of rotatable bonds is 2. The second-order valence-electron chi connectivity index (χ2n) is 15.8. The Kier molecular flexibility index (Phi) is 15.7. The van der Waals surface area contributed by atoms with Crippen molar-refractivity contribution in [2.24, 2.45) is 0 Å². The molecule has 2 unspecified atom stereocenters. The van der Waals surface area contributed by atoms with Gasteiger partial charge >= 0.3 is 0 Å². The van der Waals surface area contributed by atoms with Crippen LogP contribution < -0.4 is 0 Å². The Morgan fingerprint density at radius 3 is 0.773 bits per heavy atom. The molecule has 9 rings (SSSR count). The summed E-state index contributed by atoms with van der Waals surface area (Å²) < 4.78 is 68.8. The minimum atomic E-state index is -1.05. The molecule has 0 radical (unpaired) electrons. The smallest absolute Gasteiger partial charge is 0.263 e. The highest BCUT2D eigenvalue weighted by molar-refractivity contribution is 6.41. The van der Waals surface area contributed by atoms with Crippen molar-refractivity contribution in [3.8, 4) is 0 Å². The van der Waals surface area contributed by atoms with Crippen LogP contribution in [0.15, 0.2) is 48.5 Å². The van der Waals surface area contributed by atoms with E-state index >= 15 is 0 Å². The Balaban J connectivity index is 1.00. The molecule has 4 aliphatic rings. The molecule has 0 N–H and O–H groups in total. The number of fused-ring (bicyclic) bond motifs is 2. The minimum Gasteiger partial charge on any atom is -0.377 e. The molecule has 66 heavy (non-hydrogen) atoms. The van der Waals surface area contributed by atoms with Crippen molar-refractivity contribution in [2.75, 3.05) is 145 Å². The molecule has 352 valence electrons. The first kappa shape index (κ1) is 46.3. The van der Waals surface area contributed by atoms with E-state index in [2.05, 4.69) is 0 Å². The van der Waals surface area contributed by atoms with Crippen molar-refractivity contribution in [3.05, 3.63) is 70.8 Å². The van der Waals surface area contributed by atoms with Gasteiger partial charge in [0.2, 0.25) is 0 Å². The van der Waals surface area contributed by atoms with E-state index in [9.17, 15) is 19.2 Å².